The summed E-state index contributed by atoms with van der Waals surface area (Å²) >= 11 is 6.23. The van der Waals surface area contributed by atoms with Crippen LogP contribution in [0.2, 0.25) is 5.02 Å². The van der Waals surface area contributed by atoms with E-state index in [1.165, 1.54) is 0 Å². The quantitative estimate of drug-likeness (QED) is 0.907. The molecule has 1 unspecified atom stereocenters. The van der Waals surface area contributed by atoms with Gasteiger partial charge in [-0.2, -0.15) is 0 Å². The van der Waals surface area contributed by atoms with Gasteiger partial charge in [0.25, 0.3) is 0 Å². The molecule has 0 spiro atoms. The van der Waals surface area contributed by atoms with Crippen LogP contribution in [0.15, 0.2) is 12.3 Å². The van der Waals surface area contributed by atoms with Gasteiger partial charge in [-0.15, -0.1) is 0 Å². The second-order valence-corrected chi connectivity index (χ2v) is 5.92. The Hall–Kier alpha value is -0.840. The summed E-state index contributed by atoms with van der Waals surface area (Å²) in [5.74, 6) is 0.997. The number of ether oxygens (including phenoxy) is 1. The fourth-order valence-electron chi connectivity index (χ4n) is 2.26. The third-order valence-corrected chi connectivity index (χ3v) is 3.88. The zero-order chi connectivity index (χ0) is 14.5. The Balaban J connectivity index is 2.09. The third kappa shape index (κ3) is 4.08. The van der Waals surface area contributed by atoms with Crippen LogP contribution in [0.25, 0.3) is 0 Å². The maximum atomic E-state index is 6.23. The van der Waals surface area contributed by atoms with Gasteiger partial charge in [-0.05, 0) is 18.1 Å². The first-order valence-electron chi connectivity index (χ1n) is 7.34. The monoisotopic (exact) mass is 297 g/mol. The van der Waals surface area contributed by atoms with E-state index in [9.17, 15) is 0 Å². The number of pyridine rings is 1. The molecule has 1 atom stereocenters. The number of nitrogens with one attached hydrogen (secondary N) is 1. The molecule has 0 amide bonds. The van der Waals surface area contributed by atoms with E-state index in [2.05, 4.69) is 42.0 Å². The lowest BCUT2D eigenvalue weighted by molar-refractivity contribution is 0.0381. The Kier molecular flexibility index (Phi) is 5.64. The van der Waals surface area contributed by atoms with Crippen molar-refractivity contribution in [3.05, 3.63) is 22.8 Å². The van der Waals surface area contributed by atoms with Crippen molar-refractivity contribution in [1.29, 1.82) is 0 Å². The van der Waals surface area contributed by atoms with Crippen LogP contribution in [0.1, 0.15) is 32.8 Å². The number of aromatic nitrogens is 1. The molecule has 1 aromatic rings. The Morgan fingerprint density at radius 2 is 2.35 bits per heavy atom. The van der Waals surface area contributed by atoms with Gasteiger partial charge in [-0.1, -0.05) is 32.4 Å². The van der Waals surface area contributed by atoms with Gasteiger partial charge < -0.3 is 15.0 Å². The lowest BCUT2D eigenvalue weighted by Crippen LogP contribution is -2.42. The summed E-state index contributed by atoms with van der Waals surface area (Å²) in [7, 11) is 0. The van der Waals surface area contributed by atoms with Crippen molar-refractivity contribution in [1.82, 2.24) is 10.3 Å². The minimum absolute atomic E-state index is 0.304. The lowest BCUT2D eigenvalue weighted by atomic mass is 10.2. The van der Waals surface area contributed by atoms with Crippen LogP contribution in [0, 0.1) is 0 Å². The molecule has 112 valence electrons. The minimum atomic E-state index is 0.304. The molecule has 0 saturated carbocycles. The Bertz CT molecular complexity index is 439. The number of hydrogen-bond donors (Lipinski definition) is 1. The van der Waals surface area contributed by atoms with Crippen LogP contribution in [-0.2, 0) is 11.3 Å². The largest absolute Gasteiger partial charge is 0.375 e. The van der Waals surface area contributed by atoms with Crippen molar-refractivity contribution in [2.75, 3.05) is 24.6 Å². The number of nitrogens with zero attached hydrogens (tertiary/aromatic N) is 2. The second-order valence-electron chi connectivity index (χ2n) is 5.52. The maximum absolute atomic E-state index is 6.23. The zero-order valence-electron chi connectivity index (χ0n) is 12.5. The van der Waals surface area contributed by atoms with Gasteiger partial charge in [0.2, 0.25) is 0 Å². The zero-order valence-corrected chi connectivity index (χ0v) is 13.3. The molecule has 4 nitrogen and oxygen atoms in total. The molecule has 1 fully saturated rings. The summed E-state index contributed by atoms with van der Waals surface area (Å²) in [4.78, 5) is 6.75. The molecule has 1 aliphatic heterocycles. The summed E-state index contributed by atoms with van der Waals surface area (Å²) in [5.41, 5.74) is 1.10. The van der Waals surface area contributed by atoms with E-state index in [-0.39, 0.29) is 0 Å². The summed E-state index contributed by atoms with van der Waals surface area (Å²) in [5, 5.41) is 4.12. The van der Waals surface area contributed by atoms with Gasteiger partial charge in [-0.3, -0.25) is 0 Å². The van der Waals surface area contributed by atoms with Crippen molar-refractivity contribution in [3.63, 3.8) is 0 Å². The molecule has 0 aliphatic carbocycles. The molecule has 1 aromatic heterocycles. The average molecular weight is 298 g/mol. The number of anilines is 1. The van der Waals surface area contributed by atoms with Crippen LogP contribution in [-0.4, -0.2) is 36.8 Å². The van der Waals surface area contributed by atoms with Gasteiger partial charge in [0.1, 0.15) is 5.82 Å². The molecular weight excluding hydrogens is 274 g/mol. The van der Waals surface area contributed by atoms with Crippen LogP contribution in [0.5, 0.6) is 0 Å². The van der Waals surface area contributed by atoms with Crippen molar-refractivity contribution in [2.24, 2.45) is 0 Å². The first kappa shape index (κ1) is 15.5. The fraction of sp³-hybridized carbons (Fsp3) is 0.667. The molecule has 1 saturated heterocycles. The SMILES string of the molecule is CCC1CN(c2cc(CNC(C)C)c(Cl)cn2)CCO1. The highest BCUT2D eigenvalue weighted by Gasteiger charge is 2.20. The van der Waals surface area contributed by atoms with Crippen molar-refractivity contribution in [3.8, 4) is 0 Å². The average Bonchev–Trinajstić information content (AvgIpc) is 2.46. The summed E-state index contributed by atoms with van der Waals surface area (Å²) in [6.45, 7) is 9.75. The van der Waals surface area contributed by atoms with Gasteiger partial charge in [0, 0.05) is 31.9 Å². The Labute approximate surface area is 126 Å². The molecule has 1 N–H and O–H groups in total. The van der Waals surface area contributed by atoms with E-state index in [1.54, 1.807) is 6.20 Å². The lowest BCUT2D eigenvalue weighted by Gasteiger charge is -2.33. The van der Waals surface area contributed by atoms with E-state index in [0.717, 1.165) is 49.1 Å². The van der Waals surface area contributed by atoms with E-state index in [4.69, 9.17) is 16.3 Å². The first-order chi connectivity index (χ1) is 9.60. The molecule has 0 aromatic carbocycles. The van der Waals surface area contributed by atoms with Gasteiger partial charge in [0.15, 0.2) is 0 Å². The van der Waals surface area contributed by atoms with Gasteiger partial charge in [0.05, 0.1) is 17.7 Å². The highest BCUT2D eigenvalue weighted by molar-refractivity contribution is 6.31. The highest BCUT2D eigenvalue weighted by atomic mass is 35.5. The third-order valence-electron chi connectivity index (χ3n) is 3.54. The van der Waals surface area contributed by atoms with Crippen LogP contribution in [0.4, 0.5) is 5.82 Å². The molecule has 1 aliphatic rings. The summed E-state index contributed by atoms with van der Waals surface area (Å²) in [6, 6.07) is 2.53. The molecule has 20 heavy (non-hydrogen) atoms. The van der Waals surface area contributed by atoms with Crippen LogP contribution >= 0.6 is 11.6 Å². The van der Waals surface area contributed by atoms with E-state index >= 15 is 0 Å². The van der Waals surface area contributed by atoms with Crippen molar-refractivity contribution >= 4 is 17.4 Å². The molecule has 0 bridgehead atoms. The molecule has 2 heterocycles. The maximum Gasteiger partial charge on any atom is 0.129 e. The second kappa shape index (κ2) is 7.25. The number of morpholine rings is 1. The molecule has 5 heteroatoms. The van der Waals surface area contributed by atoms with Crippen molar-refractivity contribution in [2.45, 2.75) is 45.9 Å². The van der Waals surface area contributed by atoms with Crippen LogP contribution in [0.3, 0.4) is 0 Å². The number of hydrogen-bond acceptors (Lipinski definition) is 4. The summed E-state index contributed by atoms with van der Waals surface area (Å²) < 4.78 is 5.70. The molecule has 0 radical (unpaired) electrons. The summed E-state index contributed by atoms with van der Waals surface area (Å²) in [6.07, 6.45) is 3.09. The molecular formula is C15H24ClN3O. The predicted molar refractivity (Wildman–Crippen MR) is 83.5 cm³/mol. The smallest absolute Gasteiger partial charge is 0.129 e. The Morgan fingerprint density at radius 3 is 3.05 bits per heavy atom. The standard InChI is InChI=1S/C15H24ClN3O/c1-4-13-10-19(5-6-20-13)15-7-12(8-17-11(2)3)14(16)9-18-15/h7,9,11,13,17H,4-6,8,10H2,1-3H3. The van der Waals surface area contributed by atoms with E-state index < -0.39 is 0 Å². The van der Waals surface area contributed by atoms with E-state index in [0.29, 0.717) is 12.1 Å². The van der Waals surface area contributed by atoms with E-state index in [1.807, 2.05) is 0 Å². The van der Waals surface area contributed by atoms with Crippen molar-refractivity contribution < 1.29 is 4.74 Å². The topological polar surface area (TPSA) is 37.4 Å². The van der Waals surface area contributed by atoms with Gasteiger partial charge >= 0.3 is 0 Å². The predicted octanol–water partition coefficient (Wildman–Crippen LogP) is 2.85. The fourth-order valence-corrected chi connectivity index (χ4v) is 2.43. The van der Waals surface area contributed by atoms with Gasteiger partial charge in [-0.25, -0.2) is 4.98 Å². The molecule has 2 rings (SSSR count). The van der Waals surface area contributed by atoms with Crippen LogP contribution < -0.4 is 10.2 Å². The number of rotatable bonds is 5. The highest BCUT2D eigenvalue weighted by Crippen LogP contribution is 2.22. The normalized spacial score (nSPS) is 19.6. The first-order valence-corrected chi connectivity index (χ1v) is 7.72. The Morgan fingerprint density at radius 1 is 1.55 bits per heavy atom. The number of halogens is 1. The minimum Gasteiger partial charge on any atom is -0.375 e.